The van der Waals surface area contributed by atoms with Crippen LogP contribution in [0.5, 0.6) is 0 Å². The Labute approximate surface area is 154 Å². The Bertz CT molecular complexity index is 864. The van der Waals surface area contributed by atoms with Gasteiger partial charge in [-0.05, 0) is 71.2 Å². The van der Waals surface area contributed by atoms with Crippen LogP contribution in [0, 0.1) is 0 Å². The zero-order chi connectivity index (χ0) is 19.1. The van der Waals surface area contributed by atoms with Crippen LogP contribution in [0.1, 0.15) is 72.4 Å². The number of benzene rings is 2. The van der Waals surface area contributed by atoms with Gasteiger partial charge in [0.15, 0.2) is 0 Å². The largest absolute Gasteiger partial charge is 0.366 e. The molecule has 3 N–H and O–H groups in total. The molecule has 0 saturated carbocycles. The minimum Gasteiger partial charge on any atom is -0.366 e. The van der Waals surface area contributed by atoms with E-state index >= 15 is 0 Å². The summed E-state index contributed by atoms with van der Waals surface area (Å²) in [6.45, 7) is 9.01. The van der Waals surface area contributed by atoms with E-state index in [0.717, 1.165) is 12.8 Å². The van der Waals surface area contributed by atoms with E-state index in [2.05, 4.69) is 39.1 Å². The number of anilines is 1. The van der Waals surface area contributed by atoms with E-state index in [9.17, 15) is 9.59 Å². The molecule has 2 amide bonds. The van der Waals surface area contributed by atoms with Crippen LogP contribution in [0.15, 0.2) is 42.5 Å². The molecule has 4 nitrogen and oxygen atoms in total. The van der Waals surface area contributed by atoms with E-state index in [4.69, 9.17) is 5.73 Å². The van der Waals surface area contributed by atoms with Crippen molar-refractivity contribution >= 4 is 17.5 Å². The van der Waals surface area contributed by atoms with Gasteiger partial charge in [0.05, 0.1) is 0 Å². The first-order valence-electron chi connectivity index (χ1n) is 8.96. The number of fused-ring (bicyclic) bond motifs is 1. The highest BCUT2D eigenvalue weighted by atomic mass is 16.2. The van der Waals surface area contributed by atoms with Gasteiger partial charge < -0.3 is 11.1 Å². The van der Waals surface area contributed by atoms with Gasteiger partial charge in [0.1, 0.15) is 0 Å². The average Bonchev–Trinajstić information content (AvgIpc) is 2.59. The van der Waals surface area contributed by atoms with Gasteiger partial charge in [0.25, 0.3) is 5.91 Å². The summed E-state index contributed by atoms with van der Waals surface area (Å²) in [4.78, 5) is 23.8. The number of carbonyl (C=O) groups excluding carboxylic acids is 2. The van der Waals surface area contributed by atoms with Crippen LogP contribution in [0.25, 0.3) is 0 Å². The van der Waals surface area contributed by atoms with Gasteiger partial charge in [-0.15, -0.1) is 0 Å². The third kappa shape index (κ3) is 3.36. The molecule has 0 fully saturated rings. The normalized spacial score (nSPS) is 17.2. The van der Waals surface area contributed by atoms with Crippen molar-refractivity contribution in [2.24, 2.45) is 5.73 Å². The zero-order valence-corrected chi connectivity index (χ0v) is 15.8. The van der Waals surface area contributed by atoms with Gasteiger partial charge in [-0.1, -0.05) is 33.8 Å². The monoisotopic (exact) mass is 350 g/mol. The molecular formula is C22H26N2O2. The Kier molecular flexibility index (Phi) is 4.39. The molecule has 2 aromatic carbocycles. The Hall–Kier alpha value is -2.62. The van der Waals surface area contributed by atoms with Crippen LogP contribution in [0.4, 0.5) is 5.69 Å². The van der Waals surface area contributed by atoms with Crippen molar-refractivity contribution in [1.82, 2.24) is 0 Å². The number of nitrogens with two attached hydrogens (primary N) is 1. The molecule has 0 saturated heterocycles. The highest BCUT2D eigenvalue weighted by molar-refractivity contribution is 6.04. The molecule has 0 atom stereocenters. The number of primary amides is 1. The maximum absolute atomic E-state index is 12.7. The van der Waals surface area contributed by atoms with E-state index in [1.807, 2.05) is 12.1 Å². The summed E-state index contributed by atoms with van der Waals surface area (Å²) < 4.78 is 0. The minimum absolute atomic E-state index is 0.0598. The molecule has 0 aromatic heterocycles. The van der Waals surface area contributed by atoms with Crippen LogP contribution in [-0.4, -0.2) is 11.8 Å². The number of hydrogen-bond acceptors (Lipinski definition) is 2. The van der Waals surface area contributed by atoms with Gasteiger partial charge in [0.2, 0.25) is 5.91 Å². The van der Waals surface area contributed by atoms with E-state index in [-0.39, 0.29) is 16.7 Å². The van der Waals surface area contributed by atoms with Crippen LogP contribution >= 0.6 is 0 Å². The average molecular weight is 350 g/mol. The van der Waals surface area contributed by atoms with Gasteiger partial charge in [-0.2, -0.15) is 0 Å². The van der Waals surface area contributed by atoms with Gasteiger partial charge >= 0.3 is 0 Å². The van der Waals surface area contributed by atoms with Crippen molar-refractivity contribution in [2.75, 3.05) is 5.32 Å². The molecule has 0 radical (unpaired) electrons. The Balaban J connectivity index is 1.88. The smallest absolute Gasteiger partial charge is 0.255 e. The fourth-order valence-electron chi connectivity index (χ4n) is 3.65. The highest BCUT2D eigenvalue weighted by Gasteiger charge is 2.37. The van der Waals surface area contributed by atoms with Gasteiger partial charge in [-0.25, -0.2) is 0 Å². The lowest BCUT2D eigenvalue weighted by Crippen LogP contribution is -2.34. The summed E-state index contributed by atoms with van der Waals surface area (Å²) in [5, 5.41) is 2.89. The summed E-state index contributed by atoms with van der Waals surface area (Å²) >= 11 is 0. The van der Waals surface area contributed by atoms with Crippen molar-refractivity contribution in [3.63, 3.8) is 0 Å². The Morgan fingerprint density at radius 2 is 1.38 bits per heavy atom. The molecule has 3 rings (SSSR count). The molecular weight excluding hydrogens is 324 g/mol. The molecule has 0 unspecified atom stereocenters. The summed E-state index contributed by atoms with van der Waals surface area (Å²) in [7, 11) is 0. The molecule has 26 heavy (non-hydrogen) atoms. The third-order valence-electron chi connectivity index (χ3n) is 5.54. The summed E-state index contributed by atoms with van der Waals surface area (Å²) in [6.07, 6.45) is 2.25. The van der Waals surface area contributed by atoms with Crippen molar-refractivity contribution < 1.29 is 9.59 Å². The number of hydrogen-bond donors (Lipinski definition) is 2. The number of carbonyl (C=O) groups is 2. The first kappa shape index (κ1) is 18.2. The molecule has 4 heteroatoms. The van der Waals surface area contributed by atoms with Crippen LogP contribution in [0.3, 0.4) is 0 Å². The van der Waals surface area contributed by atoms with Crippen LogP contribution in [-0.2, 0) is 10.8 Å². The topological polar surface area (TPSA) is 72.2 Å². The lowest BCUT2D eigenvalue weighted by atomic mass is 9.63. The predicted molar refractivity (Wildman–Crippen MR) is 105 cm³/mol. The molecule has 1 aliphatic carbocycles. The van der Waals surface area contributed by atoms with Crippen molar-refractivity contribution in [1.29, 1.82) is 0 Å². The van der Waals surface area contributed by atoms with E-state index in [1.165, 1.54) is 11.1 Å². The summed E-state index contributed by atoms with van der Waals surface area (Å²) in [5.74, 6) is -0.638. The standard InChI is InChI=1S/C22H26N2O2/c1-21(2)11-12-22(3,4)18-13-15(7-10-17(18)21)20(26)24-16-8-5-14(6-9-16)19(23)25/h5-10,13H,11-12H2,1-4H3,(H2,23,25)(H,24,26). The minimum atomic E-state index is -0.484. The Morgan fingerprint density at radius 3 is 1.96 bits per heavy atom. The van der Waals surface area contributed by atoms with Crippen LogP contribution < -0.4 is 11.1 Å². The predicted octanol–water partition coefficient (Wildman–Crippen LogP) is 4.39. The maximum atomic E-state index is 12.7. The summed E-state index contributed by atoms with van der Waals surface area (Å²) in [6, 6.07) is 12.6. The van der Waals surface area contributed by atoms with Crippen LogP contribution in [0.2, 0.25) is 0 Å². The van der Waals surface area contributed by atoms with Gasteiger partial charge in [-0.3, -0.25) is 9.59 Å². The second kappa shape index (κ2) is 6.27. The van der Waals surface area contributed by atoms with Crippen molar-refractivity contribution in [2.45, 2.75) is 51.4 Å². The molecule has 0 spiro atoms. The fraction of sp³-hybridized carbons (Fsp3) is 0.364. The highest BCUT2D eigenvalue weighted by Crippen LogP contribution is 2.45. The molecule has 0 aliphatic heterocycles. The van der Waals surface area contributed by atoms with Crippen molar-refractivity contribution in [3.8, 4) is 0 Å². The second-order valence-corrected chi connectivity index (χ2v) is 8.42. The number of rotatable bonds is 3. The first-order chi connectivity index (χ1) is 12.1. The van der Waals surface area contributed by atoms with E-state index in [1.54, 1.807) is 24.3 Å². The van der Waals surface area contributed by atoms with E-state index in [0.29, 0.717) is 16.8 Å². The molecule has 0 heterocycles. The summed E-state index contributed by atoms with van der Waals surface area (Å²) in [5.41, 5.74) is 9.72. The number of nitrogens with one attached hydrogen (secondary N) is 1. The molecule has 0 bridgehead atoms. The second-order valence-electron chi connectivity index (χ2n) is 8.42. The SMILES string of the molecule is CC1(C)CCC(C)(C)c2cc(C(=O)Nc3ccc(C(N)=O)cc3)ccc21. The lowest BCUT2D eigenvalue weighted by molar-refractivity contribution is 0.0998. The van der Waals surface area contributed by atoms with E-state index < -0.39 is 5.91 Å². The van der Waals surface area contributed by atoms with Gasteiger partial charge in [0, 0.05) is 16.8 Å². The van der Waals surface area contributed by atoms with Crippen molar-refractivity contribution in [3.05, 3.63) is 64.7 Å². The fourth-order valence-corrected chi connectivity index (χ4v) is 3.65. The Morgan fingerprint density at radius 1 is 0.846 bits per heavy atom. The third-order valence-corrected chi connectivity index (χ3v) is 5.54. The zero-order valence-electron chi connectivity index (χ0n) is 15.8. The number of amides is 2. The molecule has 1 aliphatic rings. The molecule has 2 aromatic rings. The maximum Gasteiger partial charge on any atom is 0.255 e. The lowest BCUT2D eigenvalue weighted by Gasteiger charge is -2.42. The quantitative estimate of drug-likeness (QED) is 0.862. The molecule has 136 valence electrons. The first-order valence-corrected chi connectivity index (χ1v) is 8.96.